The minimum absolute atomic E-state index is 0.378. The van der Waals surface area contributed by atoms with Gasteiger partial charge in [0, 0.05) is 6.42 Å². The van der Waals surface area contributed by atoms with Crippen LogP contribution in [0.4, 0.5) is 0 Å². The molecule has 1 saturated heterocycles. The van der Waals surface area contributed by atoms with E-state index in [2.05, 4.69) is 4.74 Å². The molecule has 1 rings (SSSR count). The van der Waals surface area contributed by atoms with Crippen molar-refractivity contribution in [2.45, 2.75) is 35.9 Å². The summed E-state index contributed by atoms with van der Waals surface area (Å²) in [6, 6.07) is 0. The minimum Gasteiger partial charge on any atom is -0.466 e. The lowest BCUT2D eigenvalue weighted by Gasteiger charge is -2.41. The predicted molar refractivity (Wildman–Crippen MR) is 55.2 cm³/mol. The third-order valence-corrected chi connectivity index (χ3v) is 2.98. The third-order valence-electron chi connectivity index (χ3n) is 2.58. The maximum absolute atomic E-state index is 11.4. The van der Waals surface area contributed by atoms with Crippen molar-refractivity contribution in [2.24, 2.45) is 0 Å². The van der Waals surface area contributed by atoms with E-state index >= 15 is 0 Å². The Morgan fingerprint density at radius 2 is 2.24 bits per heavy atom. The average molecular weight is 271 g/mol. The van der Waals surface area contributed by atoms with E-state index in [1.165, 1.54) is 0 Å². The predicted octanol–water partition coefficient (Wildman–Crippen LogP) is -2.04. The van der Waals surface area contributed by atoms with Gasteiger partial charge in [-0.2, -0.15) is 0 Å². The lowest BCUT2D eigenvalue weighted by Crippen LogP contribution is -2.59. The average Bonchev–Trinajstić information content (AvgIpc) is 2.31. The molecule has 1 aliphatic rings. The van der Waals surface area contributed by atoms with Gasteiger partial charge in [0.05, 0.1) is 19.8 Å². The van der Waals surface area contributed by atoms with Gasteiger partial charge in [-0.05, 0) is 0 Å². The number of carbonyl (C=O) groups is 1. The highest BCUT2D eigenvalue weighted by molar-refractivity contribution is 6.32. The Morgan fingerprint density at radius 1 is 1.65 bits per heavy atom. The molecule has 0 aromatic carbocycles. The number of aliphatic hydroxyl groups excluding tert-OH is 4. The van der Waals surface area contributed by atoms with Crippen molar-refractivity contribution in [2.75, 3.05) is 13.7 Å². The van der Waals surface area contributed by atoms with Gasteiger partial charge in [-0.3, -0.25) is 0 Å². The van der Waals surface area contributed by atoms with Gasteiger partial charge in [0.15, 0.2) is 0 Å². The van der Waals surface area contributed by atoms with Crippen LogP contribution in [0.3, 0.4) is 0 Å². The molecule has 1 fully saturated rings. The van der Waals surface area contributed by atoms with Crippen LogP contribution in [0.15, 0.2) is 0 Å². The number of ether oxygens (including phenoxy) is 2. The van der Waals surface area contributed by atoms with Crippen LogP contribution in [0.25, 0.3) is 0 Å². The van der Waals surface area contributed by atoms with E-state index in [0.29, 0.717) is 0 Å². The number of hydrogen-bond donors (Lipinski definition) is 4. The summed E-state index contributed by atoms with van der Waals surface area (Å²) >= 11 is 5.82. The molecule has 5 atom stereocenters. The van der Waals surface area contributed by atoms with Gasteiger partial charge in [-0.25, -0.2) is 4.79 Å². The van der Waals surface area contributed by atoms with Crippen molar-refractivity contribution < 1.29 is 34.7 Å². The van der Waals surface area contributed by atoms with Crippen LogP contribution in [0.1, 0.15) is 6.42 Å². The second kappa shape index (κ2) is 5.47. The van der Waals surface area contributed by atoms with Gasteiger partial charge in [0.1, 0.15) is 18.3 Å². The quantitative estimate of drug-likeness (QED) is 0.345. The summed E-state index contributed by atoms with van der Waals surface area (Å²) in [5.74, 6) is -0.944. The Morgan fingerprint density at radius 3 is 2.71 bits per heavy atom. The molecular formula is C9H15ClO7. The Hall–Kier alpha value is -0.440. The second-order valence-corrected chi connectivity index (χ2v) is 4.43. The second-order valence-electron chi connectivity index (χ2n) is 3.81. The summed E-state index contributed by atoms with van der Waals surface area (Å²) in [4.78, 5) is 11.4. The standard InChI is InChI=1S/C9H15ClO7/c1-16-8(15)9(10)2-4(12)6(14)7(17-9)5(13)3-11/h4-7,11-14H,2-3H2,1H3/t4-,5+,6-,7?,9?/m1/s1. The molecule has 0 aromatic heterocycles. The summed E-state index contributed by atoms with van der Waals surface area (Å²) < 4.78 is 9.44. The summed E-state index contributed by atoms with van der Waals surface area (Å²) in [6.07, 6.45) is -6.04. The highest BCUT2D eigenvalue weighted by Gasteiger charge is 2.52. The first kappa shape index (κ1) is 14.6. The van der Waals surface area contributed by atoms with Gasteiger partial charge in [-0.1, -0.05) is 11.6 Å². The molecular weight excluding hydrogens is 256 g/mol. The monoisotopic (exact) mass is 270 g/mol. The zero-order chi connectivity index (χ0) is 13.2. The lowest BCUT2D eigenvalue weighted by atomic mass is 9.94. The first-order valence-electron chi connectivity index (χ1n) is 4.96. The number of esters is 1. The number of aliphatic hydroxyl groups is 4. The first-order chi connectivity index (χ1) is 7.85. The van der Waals surface area contributed by atoms with Crippen LogP contribution >= 0.6 is 11.6 Å². The van der Waals surface area contributed by atoms with Crippen LogP contribution in [0.2, 0.25) is 0 Å². The molecule has 0 aliphatic carbocycles. The normalized spacial score (nSPS) is 39.8. The van der Waals surface area contributed by atoms with Crippen molar-refractivity contribution in [3.05, 3.63) is 0 Å². The number of hydrogen-bond acceptors (Lipinski definition) is 7. The SMILES string of the molecule is COC(=O)C1(Cl)C[C@@H](O)[C@@H](O)C([C@@H](O)CO)O1. The minimum atomic E-state index is -1.98. The van der Waals surface area contributed by atoms with Gasteiger partial charge in [0.2, 0.25) is 5.06 Å². The number of halogens is 1. The molecule has 0 amide bonds. The highest BCUT2D eigenvalue weighted by atomic mass is 35.5. The van der Waals surface area contributed by atoms with Crippen molar-refractivity contribution in [3.63, 3.8) is 0 Å². The Kier molecular flexibility index (Phi) is 4.70. The number of rotatable bonds is 3. The van der Waals surface area contributed by atoms with E-state index in [-0.39, 0.29) is 6.42 Å². The maximum Gasteiger partial charge on any atom is 0.354 e. The summed E-state index contributed by atoms with van der Waals surface area (Å²) in [5, 5.41) is 35.3. The Balaban J connectivity index is 2.90. The first-order valence-corrected chi connectivity index (χ1v) is 5.33. The van der Waals surface area contributed by atoms with Crippen molar-refractivity contribution >= 4 is 17.6 Å². The lowest BCUT2D eigenvalue weighted by molar-refractivity contribution is -0.225. The van der Waals surface area contributed by atoms with Crippen LogP contribution in [0.5, 0.6) is 0 Å². The summed E-state index contributed by atoms with van der Waals surface area (Å²) in [6.45, 7) is -0.706. The topological polar surface area (TPSA) is 116 Å². The molecule has 0 radical (unpaired) electrons. The van der Waals surface area contributed by atoms with Crippen LogP contribution in [-0.2, 0) is 14.3 Å². The van der Waals surface area contributed by atoms with Gasteiger partial charge < -0.3 is 29.9 Å². The van der Waals surface area contributed by atoms with E-state index < -0.39 is 42.1 Å². The fraction of sp³-hybridized carbons (Fsp3) is 0.889. The van der Waals surface area contributed by atoms with Crippen molar-refractivity contribution in [1.82, 2.24) is 0 Å². The molecule has 1 aliphatic heterocycles. The summed E-state index contributed by atoms with van der Waals surface area (Å²) in [5.41, 5.74) is 0. The maximum atomic E-state index is 11.4. The fourth-order valence-corrected chi connectivity index (χ4v) is 1.97. The van der Waals surface area contributed by atoms with E-state index in [0.717, 1.165) is 7.11 Å². The van der Waals surface area contributed by atoms with Crippen LogP contribution in [0, 0.1) is 0 Å². The molecule has 1 heterocycles. The smallest absolute Gasteiger partial charge is 0.354 e. The fourth-order valence-electron chi connectivity index (χ4n) is 1.64. The summed E-state index contributed by atoms with van der Waals surface area (Å²) in [7, 11) is 1.09. The van der Waals surface area contributed by atoms with Gasteiger partial charge in [-0.15, -0.1) is 0 Å². The molecule has 8 heteroatoms. The molecule has 2 unspecified atom stereocenters. The van der Waals surface area contributed by atoms with Gasteiger partial charge in [0.25, 0.3) is 0 Å². The Bertz CT molecular complexity index is 287. The molecule has 4 N–H and O–H groups in total. The Labute approximate surface area is 103 Å². The molecule has 17 heavy (non-hydrogen) atoms. The number of carbonyl (C=O) groups excluding carboxylic acids is 1. The van der Waals surface area contributed by atoms with E-state index in [1.54, 1.807) is 0 Å². The van der Waals surface area contributed by atoms with Crippen molar-refractivity contribution in [3.8, 4) is 0 Å². The molecule has 100 valence electrons. The number of alkyl halides is 1. The van der Waals surface area contributed by atoms with E-state index in [1.807, 2.05) is 0 Å². The molecule has 0 bridgehead atoms. The zero-order valence-corrected chi connectivity index (χ0v) is 9.87. The van der Waals surface area contributed by atoms with E-state index in [9.17, 15) is 20.1 Å². The van der Waals surface area contributed by atoms with E-state index in [4.69, 9.17) is 21.4 Å². The van der Waals surface area contributed by atoms with Gasteiger partial charge >= 0.3 is 5.97 Å². The molecule has 0 aromatic rings. The molecule has 0 spiro atoms. The third kappa shape index (κ3) is 2.87. The molecule has 0 saturated carbocycles. The van der Waals surface area contributed by atoms with Crippen LogP contribution in [-0.4, -0.2) is 69.6 Å². The molecule has 7 nitrogen and oxygen atoms in total. The highest BCUT2D eigenvalue weighted by Crippen LogP contribution is 2.35. The zero-order valence-electron chi connectivity index (χ0n) is 9.12. The van der Waals surface area contributed by atoms with Crippen molar-refractivity contribution in [1.29, 1.82) is 0 Å². The van der Waals surface area contributed by atoms with Crippen LogP contribution < -0.4 is 0 Å². The number of methoxy groups -OCH3 is 1. The largest absolute Gasteiger partial charge is 0.466 e.